The number of carbonyl (C=O) groups excluding carboxylic acids is 4. The standard InChI is InChI=1S/C85H142O17P2/c1-5-9-13-17-21-25-29-32-35-37-39-41-44-46-50-53-57-61-65-69-82(87)95-75-80(101-84(89)71-67-63-59-55-49-28-24-20-16-12-8-4)77-99-103(91,92)97-73-79(86)74-98-104(93,94)100-78-81(102-85(90)72-68-64-60-56-52-48-43-34-31-27-23-19-15-11-7-3)76-96-83(88)70-66-62-58-54-51-47-45-42-40-38-36-33-30-26-22-18-14-10-6-2/h9-11,13-15,21-23,25-27,32-36,39-43,47,51,79-81,86H,5-8,12,16-20,24,28-31,37-38,44-46,48-50,52-78H2,1-4H3,(H,91,92)(H,93,94)/b13-9-,14-10-,15-11-,25-21-,26-22-,27-23-,35-32-,36-33-,41-39-,42-40-,43-34-,51-47-. The van der Waals surface area contributed by atoms with Crippen LogP contribution in [-0.4, -0.2) is 96.7 Å². The topological polar surface area (TPSA) is 237 Å². The summed E-state index contributed by atoms with van der Waals surface area (Å²) in [5, 5.41) is 10.6. The van der Waals surface area contributed by atoms with Gasteiger partial charge in [-0.3, -0.25) is 37.3 Å². The normalized spacial score (nSPS) is 14.6. The molecule has 0 saturated heterocycles. The average Bonchev–Trinajstić information content (AvgIpc) is 0.929. The van der Waals surface area contributed by atoms with Gasteiger partial charge in [-0.05, 0) is 141 Å². The van der Waals surface area contributed by atoms with Crippen molar-refractivity contribution in [2.24, 2.45) is 0 Å². The van der Waals surface area contributed by atoms with Crippen molar-refractivity contribution in [1.82, 2.24) is 0 Å². The highest BCUT2D eigenvalue weighted by atomic mass is 31.2. The highest BCUT2D eigenvalue weighted by molar-refractivity contribution is 7.47. The van der Waals surface area contributed by atoms with Crippen molar-refractivity contribution < 1.29 is 80.2 Å². The minimum absolute atomic E-state index is 0.0640. The molecule has 3 N–H and O–H groups in total. The van der Waals surface area contributed by atoms with Crippen molar-refractivity contribution >= 4 is 39.5 Å². The first-order valence-electron chi connectivity index (χ1n) is 40.1. The number of aliphatic hydroxyl groups excluding tert-OH is 1. The molecular formula is C85H142O17P2. The zero-order valence-corrected chi connectivity index (χ0v) is 66.7. The molecule has 0 radical (unpaired) electrons. The Morgan fingerprint density at radius 3 is 0.779 bits per heavy atom. The van der Waals surface area contributed by atoms with Crippen molar-refractivity contribution in [2.75, 3.05) is 39.6 Å². The number of hydrogen-bond donors (Lipinski definition) is 3. The Morgan fingerprint density at radius 2 is 0.500 bits per heavy atom. The van der Waals surface area contributed by atoms with E-state index in [0.717, 1.165) is 193 Å². The summed E-state index contributed by atoms with van der Waals surface area (Å²) in [4.78, 5) is 73.0. The lowest BCUT2D eigenvalue weighted by Gasteiger charge is -2.21. The van der Waals surface area contributed by atoms with E-state index in [1.165, 1.54) is 38.5 Å². The minimum atomic E-state index is -4.99. The Bertz CT molecular complexity index is 2540. The molecular weight excluding hydrogens is 1350 g/mol. The molecule has 0 heterocycles. The van der Waals surface area contributed by atoms with Crippen molar-refractivity contribution in [3.05, 3.63) is 146 Å². The molecule has 104 heavy (non-hydrogen) atoms. The lowest BCUT2D eigenvalue weighted by molar-refractivity contribution is -0.161. The van der Waals surface area contributed by atoms with Crippen LogP contribution in [0.4, 0.5) is 0 Å². The first kappa shape index (κ1) is 98.9. The Labute approximate surface area is 630 Å². The van der Waals surface area contributed by atoms with Crippen LogP contribution in [0.1, 0.15) is 310 Å². The molecule has 5 unspecified atom stereocenters. The van der Waals surface area contributed by atoms with Crippen LogP contribution in [0.25, 0.3) is 0 Å². The van der Waals surface area contributed by atoms with Gasteiger partial charge in [-0.2, -0.15) is 0 Å². The molecule has 0 fully saturated rings. The van der Waals surface area contributed by atoms with E-state index in [4.69, 9.17) is 37.0 Å². The highest BCUT2D eigenvalue weighted by Crippen LogP contribution is 2.45. The maximum atomic E-state index is 13.1. The van der Waals surface area contributed by atoms with Crippen molar-refractivity contribution in [2.45, 2.75) is 329 Å². The van der Waals surface area contributed by atoms with Gasteiger partial charge < -0.3 is 33.8 Å². The van der Waals surface area contributed by atoms with Gasteiger partial charge in [0.1, 0.15) is 19.3 Å². The summed E-state index contributed by atoms with van der Waals surface area (Å²) in [6.07, 6.45) is 86.8. The molecule has 0 bridgehead atoms. The first-order valence-corrected chi connectivity index (χ1v) is 43.1. The van der Waals surface area contributed by atoms with Crippen LogP contribution in [0.2, 0.25) is 0 Å². The number of carbonyl (C=O) groups is 4. The summed E-state index contributed by atoms with van der Waals surface area (Å²) in [5.41, 5.74) is 0. The van der Waals surface area contributed by atoms with Gasteiger partial charge in [0, 0.05) is 25.7 Å². The molecule has 0 amide bonds. The molecule has 0 aromatic rings. The van der Waals surface area contributed by atoms with Gasteiger partial charge in [0.15, 0.2) is 12.2 Å². The Hall–Kier alpha value is -5.06. The number of phosphoric ester groups is 2. The number of unbranched alkanes of at least 4 members (excludes halogenated alkanes) is 24. The van der Waals surface area contributed by atoms with Crippen molar-refractivity contribution in [3.63, 3.8) is 0 Å². The summed E-state index contributed by atoms with van der Waals surface area (Å²) >= 11 is 0. The average molecular weight is 1500 g/mol. The predicted molar refractivity (Wildman–Crippen MR) is 427 cm³/mol. The van der Waals surface area contributed by atoms with E-state index < -0.39 is 97.5 Å². The number of ether oxygens (including phenoxy) is 4. The molecule has 0 aromatic heterocycles. The third-order valence-electron chi connectivity index (χ3n) is 16.3. The second-order valence-corrected chi connectivity index (χ2v) is 29.1. The van der Waals surface area contributed by atoms with Gasteiger partial charge in [-0.25, -0.2) is 9.13 Å². The maximum Gasteiger partial charge on any atom is 0.472 e. The number of aliphatic hydroxyl groups is 1. The summed E-state index contributed by atoms with van der Waals surface area (Å²) in [7, 11) is -9.98. The van der Waals surface area contributed by atoms with Gasteiger partial charge in [-0.1, -0.05) is 289 Å². The Kier molecular flexibility index (Phi) is 72.4. The van der Waals surface area contributed by atoms with E-state index in [0.29, 0.717) is 25.7 Å². The zero-order chi connectivity index (χ0) is 76.0. The molecule has 19 heteroatoms. The second kappa shape index (κ2) is 76.1. The first-order chi connectivity index (χ1) is 50.7. The van der Waals surface area contributed by atoms with E-state index in [1.54, 1.807) is 0 Å². The SMILES string of the molecule is CC/C=C\C/C=C\C/C=C\C/C=C\C/C=C\CCCCCC(=O)OCC(COP(=O)(O)OCC(O)COP(=O)(O)OCC(COC(=O)CCCCCCCC/C=C\C/C=C\C/C=C\C/C=C\CC)OC(=O)CCCCCCCCCCCCC)OC(=O)CCCCCCC/C=C\C/C=C\C/C=C\CC. The molecule has 17 nitrogen and oxygen atoms in total. The van der Waals surface area contributed by atoms with Crippen LogP contribution in [-0.2, 0) is 65.4 Å². The molecule has 0 aliphatic rings. The second-order valence-electron chi connectivity index (χ2n) is 26.2. The van der Waals surface area contributed by atoms with Crippen LogP contribution in [0.5, 0.6) is 0 Å². The molecule has 594 valence electrons. The highest BCUT2D eigenvalue weighted by Gasteiger charge is 2.30. The molecule has 0 rings (SSSR count). The van der Waals surface area contributed by atoms with Crippen LogP contribution in [0, 0.1) is 0 Å². The van der Waals surface area contributed by atoms with Crippen LogP contribution in [0.15, 0.2) is 146 Å². The fourth-order valence-corrected chi connectivity index (χ4v) is 11.9. The largest absolute Gasteiger partial charge is 0.472 e. The van der Waals surface area contributed by atoms with Gasteiger partial charge >= 0.3 is 39.5 Å². The molecule has 0 aliphatic carbocycles. The number of esters is 4. The number of phosphoric acid groups is 2. The fraction of sp³-hybridized carbons (Fsp3) is 0.671. The van der Waals surface area contributed by atoms with E-state index in [9.17, 15) is 43.2 Å². The van der Waals surface area contributed by atoms with E-state index in [-0.39, 0.29) is 25.7 Å². The Balaban J connectivity index is 5.37. The quantitative estimate of drug-likeness (QED) is 0.0169. The van der Waals surface area contributed by atoms with Gasteiger partial charge in [0.05, 0.1) is 26.4 Å². The smallest absolute Gasteiger partial charge is 0.462 e. The maximum absolute atomic E-state index is 13.1. The summed E-state index contributed by atoms with van der Waals surface area (Å²) in [5.74, 6) is -2.24. The molecule has 0 aliphatic heterocycles. The van der Waals surface area contributed by atoms with Gasteiger partial charge in [-0.15, -0.1) is 0 Å². The number of rotatable bonds is 74. The summed E-state index contributed by atoms with van der Waals surface area (Å²) < 4.78 is 68.6. The molecule has 5 atom stereocenters. The van der Waals surface area contributed by atoms with Gasteiger partial charge in [0.25, 0.3) is 0 Å². The fourth-order valence-electron chi connectivity index (χ4n) is 10.3. The van der Waals surface area contributed by atoms with E-state index in [1.807, 2.05) is 0 Å². The molecule has 0 spiro atoms. The third kappa shape index (κ3) is 75.2. The van der Waals surface area contributed by atoms with Crippen molar-refractivity contribution in [3.8, 4) is 0 Å². The van der Waals surface area contributed by atoms with E-state index >= 15 is 0 Å². The lowest BCUT2D eigenvalue weighted by Crippen LogP contribution is -2.30. The molecule has 0 aromatic carbocycles. The van der Waals surface area contributed by atoms with Crippen LogP contribution >= 0.6 is 15.6 Å². The summed E-state index contributed by atoms with van der Waals surface area (Å²) in [6, 6.07) is 0. The monoisotopic (exact) mass is 1500 g/mol. The van der Waals surface area contributed by atoms with Crippen LogP contribution in [0.3, 0.4) is 0 Å². The van der Waals surface area contributed by atoms with Crippen LogP contribution < -0.4 is 0 Å². The number of allylic oxidation sites excluding steroid dienone is 24. The minimum Gasteiger partial charge on any atom is -0.462 e. The third-order valence-corrected chi connectivity index (χ3v) is 18.2. The lowest BCUT2D eigenvalue weighted by atomic mass is 10.1. The van der Waals surface area contributed by atoms with E-state index in [2.05, 4.69) is 174 Å². The molecule has 0 saturated carbocycles. The number of hydrogen-bond acceptors (Lipinski definition) is 15. The van der Waals surface area contributed by atoms with Gasteiger partial charge in [0.2, 0.25) is 0 Å². The van der Waals surface area contributed by atoms with Crippen molar-refractivity contribution in [1.29, 1.82) is 0 Å². The Morgan fingerprint density at radius 1 is 0.279 bits per heavy atom. The zero-order valence-electron chi connectivity index (χ0n) is 64.9. The summed E-state index contributed by atoms with van der Waals surface area (Å²) in [6.45, 7) is 4.46. The predicted octanol–water partition coefficient (Wildman–Crippen LogP) is 23.4.